The normalized spacial score (nSPS) is 15.8. The van der Waals surface area contributed by atoms with Gasteiger partial charge in [0.1, 0.15) is 12.0 Å². The number of benzene rings is 1. The van der Waals surface area contributed by atoms with Crippen molar-refractivity contribution in [1.82, 2.24) is 20.5 Å². The molecule has 166 valence electrons. The Balaban J connectivity index is 0.00000320. The van der Waals surface area contributed by atoms with Crippen molar-refractivity contribution in [2.75, 3.05) is 26.2 Å². The number of nitrogens with zero attached hydrogens (tertiary/aromatic N) is 3. The Morgan fingerprint density at radius 3 is 2.60 bits per heavy atom. The van der Waals surface area contributed by atoms with E-state index in [4.69, 9.17) is 4.42 Å². The molecule has 0 radical (unpaired) electrons. The Kier molecular flexibility index (Phi) is 9.96. The smallest absolute Gasteiger partial charge is 0.251 e. The topological polar surface area (TPSA) is 65.7 Å². The van der Waals surface area contributed by atoms with E-state index in [9.17, 15) is 8.78 Å². The van der Waals surface area contributed by atoms with Gasteiger partial charge >= 0.3 is 0 Å². The summed E-state index contributed by atoms with van der Waals surface area (Å²) in [6.45, 7) is 6.38. The molecule has 2 aromatic rings. The lowest BCUT2D eigenvalue weighted by molar-refractivity contribution is 0.0744. The summed E-state index contributed by atoms with van der Waals surface area (Å²) in [5, 5.41) is 6.65. The number of aryl methyl sites for hydroxylation is 1. The summed E-state index contributed by atoms with van der Waals surface area (Å²) in [6, 6.07) is 8.25. The summed E-state index contributed by atoms with van der Waals surface area (Å²) >= 11 is 0. The van der Waals surface area contributed by atoms with Gasteiger partial charge < -0.3 is 15.1 Å². The standard InChI is InChI=1S/C21H29F2N5O.HI/c1-3-24-21(27-17-8-10-28(11-9-17)13-19(22)23)25-12-18-14-29-20(26-18)16-6-4-15(2)5-7-16;/h4-7,14,17,19H,3,8-13H2,1-2H3,(H2,24,25,27);1H. The summed E-state index contributed by atoms with van der Waals surface area (Å²) in [5.41, 5.74) is 2.88. The molecular weight excluding hydrogens is 503 g/mol. The molecule has 0 bridgehead atoms. The first-order valence-corrected chi connectivity index (χ1v) is 10.1. The van der Waals surface area contributed by atoms with E-state index in [1.165, 1.54) is 5.56 Å². The fourth-order valence-electron chi connectivity index (χ4n) is 3.34. The third-order valence-corrected chi connectivity index (χ3v) is 4.92. The average Bonchev–Trinajstić information content (AvgIpc) is 3.17. The van der Waals surface area contributed by atoms with E-state index in [0.717, 1.165) is 30.6 Å². The van der Waals surface area contributed by atoms with Gasteiger partial charge in [-0.15, -0.1) is 24.0 Å². The average molecular weight is 533 g/mol. The Labute approximate surface area is 193 Å². The van der Waals surface area contributed by atoms with E-state index in [-0.39, 0.29) is 36.6 Å². The molecular formula is C21H30F2IN5O. The highest BCUT2D eigenvalue weighted by Crippen LogP contribution is 2.19. The lowest BCUT2D eigenvalue weighted by Crippen LogP contribution is -2.49. The van der Waals surface area contributed by atoms with E-state index in [1.54, 1.807) is 6.26 Å². The van der Waals surface area contributed by atoms with Gasteiger partial charge in [0.2, 0.25) is 5.89 Å². The van der Waals surface area contributed by atoms with Gasteiger partial charge in [-0.1, -0.05) is 17.7 Å². The highest BCUT2D eigenvalue weighted by atomic mass is 127. The summed E-state index contributed by atoms with van der Waals surface area (Å²) in [7, 11) is 0. The maximum Gasteiger partial charge on any atom is 0.251 e. The SMILES string of the molecule is CCNC(=NCc1coc(-c2ccc(C)cc2)n1)NC1CCN(CC(F)F)CC1.I. The number of likely N-dealkylation sites (tertiary alicyclic amines) is 1. The van der Waals surface area contributed by atoms with Crippen LogP contribution in [0.2, 0.25) is 0 Å². The summed E-state index contributed by atoms with van der Waals surface area (Å²) in [6.07, 6.45) is 0.994. The molecule has 2 heterocycles. The van der Waals surface area contributed by atoms with Crippen molar-refractivity contribution in [3.63, 3.8) is 0 Å². The second-order valence-electron chi connectivity index (χ2n) is 7.32. The zero-order valence-corrected chi connectivity index (χ0v) is 19.7. The molecule has 0 aliphatic carbocycles. The van der Waals surface area contributed by atoms with Crippen LogP contribution >= 0.6 is 24.0 Å². The lowest BCUT2D eigenvalue weighted by Gasteiger charge is -2.32. The van der Waals surface area contributed by atoms with Gasteiger partial charge in [-0.25, -0.2) is 18.8 Å². The molecule has 1 aromatic heterocycles. The zero-order valence-electron chi connectivity index (χ0n) is 17.4. The highest BCUT2D eigenvalue weighted by molar-refractivity contribution is 14.0. The van der Waals surface area contributed by atoms with Crippen molar-refractivity contribution in [1.29, 1.82) is 0 Å². The minimum atomic E-state index is -2.27. The predicted octanol–water partition coefficient (Wildman–Crippen LogP) is 4.05. The van der Waals surface area contributed by atoms with Crippen LogP contribution in [0.15, 0.2) is 39.9 Å². The van der Waals surface area contributed by atoms with Gasteiger partial charge in [-0.2, -0.15) is 0 Å². The Bertz CT molecular complexity index is 789. The fraction of sp³-hybridized carbons (Fsp3) is 0.524. The number of aliphatic imine (C=N–C) groups is 1. The number of nitrogens with one attached hydrogen (secondary N) is 2. The van der Waals surface area contributed by atoms with Crippen LogP contribution in [0.3, 0.4) is 0 Å². The quantitative estimate of drug-likeness (QED) is 0.320. The number of hydrogen-bond acceptors (Lipinski definition) is 4. The molecule has 0 amide bonds. The van der Waals surface area contributed by atoms with Crippen molar-refractivity contribution in [3.8, 4) is 11.5 Å². The molecule has 0 spiro atoms. The number of halogens is 3. The second-order valence-corrected chi connectivity index (χ2v) is 7.32. The molecule has 3 rings (SSSR count). The molecule has 2 N–H and O–H groups in total. The maximum absolute atomic E-state index is 12.5. The van der Waals surface area contributed by atoms with Crippen molar-refractivity contribution >= 4 is 29.9 Å². The van der Waals surface area contributed by atoms with Crippen molar-refractivity contribution in [2.45, 2.75) is 45.7 Å². The largest absolute Gasteiger partial charge is 0.444 e. The van der Waals surface area contributed by atoms with Gasteiger partial charge in [-0.3, -0.25) is 4.90 Å². The molecule has 0 atom stereocenters. The number of guanidine groups is 1. The predicted molar refractivity (Wildman–Crippen MR) is 126 cm³/mol. The van der Waals surface area contributed by atoms with Crippen LogP contribution in [0.4, 0.5) is 8.78 Å². The third kappa shape index (κ3) is 7.50. The van der Waals surface area contributed by atoms with Crippen molar-refractivity contribution < 1.29 is 13.2 Å². The van der Waals surface area contributed by atoms with Gasteiger partial charge in [0.25, 0.3) is 6.43 Å². The molecule has 1 fully saturated rings. The molecule has 9 heteroatoms. The molecule has 0 saturated carbocycles. The number of piperidine rings is 1. The molecule has 30 heavy (non-hydrogen) atoms. The van der Waals surface area contributed by atoms with Crippen LogP contribution in [-0.2, 0) is 6.54 Å². The zero-order chi connectivity index (χ0) is 20.6. The van der Waals surface area contributed by atoms with Gasteiger partial charge in [0.15, 0.2) is 5.96 Å². The molecule has 1 aromatic carbocycles. The Hall–Kier alpha value is -1.75. The van der Waals surface area contributed by atoms with Crippen molar-refractivity contribution in [3.05, 3.63) is 41.8 Å². The van der Waals surface area contributed by atoms with Gasteiger partial charge in [-0.05, 0) is 38.8 Å². The first-order valence-electron chi connectivity index (χ1n) is 10.1. The minimum Gasteiger partial charge on any atom is -0.444 e. The van der Waals surface area contributed by atoms with Crippen LogP contribution < -0.4 is 10.6 Å². The molecule has 1 saturated heterocycles. The highest BCUT2D eigenvalue weighted by Gasteiger charge is 2.22. The van der Waals surface area contributed by atoms with Gasteiger partial charge in [0, 0.05) is 31.2 Å². The fourth-order valence-corrected chi connectivity index (χ4v) is 3.34. The van der Waals surface area contributed by atoms with E-state index in [0.29, 0.717) is 31.5 Å². The van der Waals surface area contributed by atoms with Gasteiger partial charge in [0.05, 0.1) is 13.1 Å². The monoisotopic (exact) mass is 533 g/mol. The van der Waals surface area contributed by atoms with E-state index in [2.05, 4.69) is 20.6 Å². The van der Waals surface area contributed by atoms with Crippen LogP contribution in [-0.4, -0.2) is 54.5 Å². The third-order valence-electron chi connectivity index (χ3n) is 4.92. The van der Waals surface area contributed by atoms with Crippen LogP contribution in [0.5, 0.6) is 0 Å². The Morgan fingerprint density at radius 2 is 1.97 bits per heavy atom. The van der Waals surface area contributed by atoms with Crippen LogP contribution in [0.1, 0.15) is 31.0 Å². The lowest BCUT2D eigenvalue weighted by atomic mass is 10.1. The second kappa shape index (κ2) is 12.2. The number of oxazole rings is 1. The molecule has 1 aliphatic heterocycles. The summed E-state index contributed by atoms with van der Waals surface area (Å²) in [5.74, 6) is 1.29. The minimum absolute atomic E-state index is 0. The van der Waals surface area contributed by atoms with E-state index >= 15 is 0 Å². The number of hydrogen-bond donors (Lipinski definition) is 2. The molecule has 1 aliphatic rings. The first-order chi connectivity index (χ1) is 14.0. The summed E-state index contributed by atoms with van der Waals surface area (Å²) < 4.78 is 30.6. The maximum atomic E-state index is 12.5. The molecule has 0 unspecified atom stereocenters. The number of alkyl halides is 2. The number of aromatic nitrogens is 1. The Morgan fingerprint density at radius 1 is 1.27 bits per heavy atom. The van der Waals surface area contributed by atoms with Crippen LogP contribution in [0, 0.1) is 6.92 Å². The first kappa shape index (κ1) is 24.5. The van der Waals surface area contributed by atoms with E-state index < -0.39 is 6.43 Å². The van der Waals surface area contributed by atoms with Crippen molar-refractivity contribution in [2.24, 2.45) is 4.99 Å². The van der Waals surface area contributed by atoms with E-state index in [1.807, 2.05) is 43.0 Å². The number of rotatable bonds is 7. The van der Waals surface area contributed by atoms with Crippen LogP contribution in [0.25, 0.3) is 11.5 Å². The molecule has 6 nitrogen and oxygen atoms in total. The summed E-state index contributed by atoms with van der Waals surface area (Å²) in [4.78, 5) is 10.9.